The number of guanidine groups is 1. The molecular weight excluding hydrogens is 516 g/mol. The normalized spacial score (nSPS) is 16.8. The van der Waals surface area contributed by atoms with E-state index in [1.165, 1.54) is 0 Å². The van der Waals surface area contributed by atoms with E-state index in [2.05, 4.69) is 20.5 Å². The van der Waals surface area contributed by atoms with Crippen LogP contribution in [-0.4, -0.2) is 68.8 Å². The van der Waals surface area contributed by atoms with E-state index in [1.807, 2.05) is 13.2 Å². The van der Waals surface area contributed by atoms with Crippen LogP contribution in [0, 0.1) is 0 Å². The summed E-state index contributed by atoms with van der Waals surface area (Å²) in [5.41, 5.74) is 0.200. The summed E-state index contributed by atoms with van der Waals surface area (Å²) in [4.78, 5) is 6.91. The van der Waals surface area contributed by atoms with Gasteiger partial charge in [0, 0.05) is 31.9 Å². The van der Waals surface area contributed by atoms with Crippen molar-refractivity contribution in [2.75, 3.05) is 57.9 Å². The number of rotatable bonds is 8. The van der Waals surface area contributed by atoms with Crippen molar-refractivity contribution in [2.24, 2.45) is 4.99 Å². The van der Waals surface area contributed by atoms with Gasteiger partial charge < -0.3 is 15.4 Å². The molecule has 0 amide bonds. The van der Waals surface area contributed by atoms with E-state index in [-0.39, 0.29) is 30.0 Å². The van der Waals surface area contributed by atoms with Gasteiger partial charge in [-0.25, -0.2) is 0 Å². The molecule has 1 unspecified atom stereocenters. The molecule has 1 aliphatic heterocycles. The van der Waals surface area contributed by atoms with Gasteiger partial charge in [0.15, 0.2) is 5.96 Å². The maximum Gasteiger partial charge on any atom is 0.416 e. The Morgan fingerprint density at radius 2 is 1.86 bits per heavy atom. The molecule has 1 fully saturated rings. The molecule has 10 heteroatoms. The lowest BCUT2D eigenvalue weighted by atomic mass is 10.0. The number of ether oxygens (including phenoxy) is 1. The molecule has 0 aromatic heterocycles. The Balaban J connectivity index is 0.00000420. The molecule has 0 aliphatic carbocycles. The first kappa shape index (κ1) is 26.3. The summed E-state index contributed by atoms with van der Waals surface area (Å²) in [7, 11) is 0. The van der Waals surface area contributed by atoms with Crippen molar-refractivity contribution in [3.05, 3.63) is 35.4 Å². The van der Waals surface area contributed by atoms with Crippen molar-refractivity contribution in [1.29, 1.82) is 0 Å². The van der Waals surface area contributed by atoms with Gasteiger partial charge >= 0.3 is 6.18 Å². The van der Waals surface area contributed by atoms with E-state index in [0.717, 1.165) is 55.6 Å². The van der Waals surface area contributed by atoms with Gasteiger partial charge in [-0.15, -0.1) is 24.0 Å². The molecule has 2 rings (SSSR count). The highest BCUT2D eigenvalue weighted by atomic mass is 127. The first-order valence-electron chi connectivity index (χ1n) is 9.45. The van der Waals surface area contributed by atoms with E-state index < -0.39 is 11.7 Å². The molecule has 2 N–H and O–H groups in total. The van der Waals surface area contributed by atoms with Gasteiger partial charge in [-0.05, 0) is 30.9 Å². The van der Waals surface area contributed by atoms with E-state index in [4.69, 9.17) is 4.74 Å². The monoisotopic (exact) mass is 546 g/mol. The fourth-order valence-electron chi connectivity index (χ4n) is 3.01. The quantitative estimate of drug-likeness (QED) is 0.226. The number of nitrogens with one attached hydrogen (secondary N) is 2. The smallest absolute Gasteiger partial charge is 0.379 e. The summed E-state index contributed by atoms with van der Waals surface area (Å²) >= 11 is 1.75. The van der Waals surface area contributed by atoms with Crippen LogP contribution in [0.5, 0.6) is 0 Å². The maximum atomic E-state index is 12.9. The van der Waals surface area contributed by atoms with Crippen LogP contribution in [-0.2, 0) is 10.9 Å². The molecule has 1 aliphatic rings. The van der Waals surface area contributed by atoms with Gasteiger partial charge in [0.25, 0.3) is 0 Å². The largest absolute Gasteiger partial charge is 0.416 e. The van der Waals surface area contributed by atoms with E-state index >= 15 is 0 Å². The van der Waals surface area contributed by atoms with Crippen LogP contribution in [0.15, 0.2) is 29.3 Å². The average Bonchev–Trinajstić information content (AvgIpc) is 2.69. The molecule has 0 radical (unpaired) electrons. The third-order valence-corrected chi connectivity index (χ3v) is 5.09. The third-order valence-electron chi connectivity index (χ3n) is 4.47. The van der Waals surface area contributed by atoms with E-state index in [0.29, 0.717) is 19.8 Å². The van der Waals surface area contributed by atoms with Crippen molar-refractivity contribution >= 4 is 41.7 Å². The lowest BCUT2D eigenvalue weighted by Crippen LogP contribution is -2.42. The van der Waals surface area contributed by atoms with Gasteiger partial charge in [-0.2, -0.15) is 24.9 Å². The highest BCUT2D eigenvalue weighted by Crippen LogP contribution is 2.31. The lowest BCUT2D eigenvalue weighted by molar-refractivity contribution is -0.137. The molecule has 1 saturated heterocycles. The van der Waals surface area contributed by atoms with Gasteiger partial charge in [0.05, 0.1) is 31.4 Å². The van der Waals surface area contributed by atoms with E-state index in [9.17, 15) is 13.2 Å². The van der Waals surface area contributed by atoms with Crippen molar-refractivity contribution in [1.82, 2.24) is 15.5 Å². The van der Waals surface area contributed by atoms with Crippen LogP contribution in [0.3, 0.4) is 0 Å². The Bertz CT molecular complexity index is 610. The Hall–Kier alpha value is -0.720. The Labute approximate surface area is 192 Å². The second-order valence-corrected chi connectivity index (χ2v) is 7.41. The molecule has 0 spiro atoms. The number of hydrogen-bond acceptors (Lipinski definition) is 4. The highest BCUT2D eigenvalue weighted by Gasteiger charge is 2.31. The number of alkyl halides is 3. The van der Waals surface area contributed by atoms with Crippen LogP contribution in [0.1, 0.15) is 24.1 Å². The molecule has 1 aromatic carbocycles. The fraction of sp³-hybridized carbons (Fsp3) is 0.632. The first-order valence-corrected chi connectivity index (χ1v) is 10.8. The van der Waals surface area contributed by atoms with E-state index in [1.54, 1.807) is 23.9 Å². The van der Waals surface area contributed by atoms with Gasteiger partial charge in [0.2, 0.25) is 0 Å². The average molecular weight is 546 g/mol. The summed E-state index contributed by atoms with van der Waals surface area (Å²) < 4.78 is 44.1. The maximum absolute atomic E-state index is 12.9. The van der Waals surface area contributed by atoms with Gasteiger partial charge in [-0.1, -0.05) is 12.1 Å². The van der Waals surface area contributed by atoms with Crippen LogP contribution in [0.2, 0.25) is 0 Å². The first-order chi connectivity index (χ1) is 13.5. The number of halogens is 4. The molecular formula is C19H30F3IN4OS. The zero-order chi connectivity index (χ0) is 20.4. The van der Waals surface area contributed by atoms with Crippen molar-refractivity contribution in [3.63, 3.8) is 0 Å². The second-order valence-electron chi connectivity index (χ2n) is 6.42. The van der Waals surface area contributed by atoms with Crippen LogP contribution >= 0.6 is 35.7 Å². The fourth-order valence-corrected chi connectivity index (χ4v) is 3.31. The molecule has 1 aromatic rings. The predicted octanol–water partition coefficient (Wildman–Crippen LogP) is 3.61. The summed E-state index contributed by atoms with van der Waals surface area (Å²) in [6.45, 7) is 6.71. The lowest BCUT2D eigenvalue weighted by Gasteiger charge is -2.34. The molecule has 1 atom stereocenters. The van der Waals surface area contributed by atoms with Crippen molar-refractivity contribution in [2.45, 2.75) is 19.1 Å². The minimum atomic E-state index is -4.33. The van der Waals surface area contributed by atoms with Crippen molar-refractivity contribution < 1.29 is 17.9 Å². The summed E-state index contributed by atoms with van der Waals surface area (Å²) in [6, 6.07) is 5.32. The number of aliphatic imine (C=N–C) groups is 1. The Morgan fingerprint density at radius 1 is 1.21 bits per heavy atom. The number of hydrogen-bond donors (Lipinski definition) is 2. The zero-order valence-corrected chi connectivity index (χ0v) is 19.9. The summed E-state index contributed by atoms with van der Waals surface area (Å²) in [6.07, 6.45) is -2.28. The van der Waals surface area contributed by atoms with Gasteiger partial charge in [-0.3, -0.25) is 9.89 Å². The minimum Gasteiger partial charge on any atom is -0.379 e. The minimum absolute atomic E-state index is 0. The molecule has 0 saturated carbocycles. The standard InChI is InChI=1S/C19H29F3N4OS.HI/c1-3-23-18(24-8-13-28-2)25-14-17(26-9-11-27-12-10-26)15-4-6-16(7-5-15)19(20,21)22;/h4-7,17H,3,8-14H2,1-2H3,(H2,23,24,25);1H. The number of benzene rings is 1. The molecule has 0 bridgehead atoms. The third kappa shape index (κ3) is 8.89. The number of morpholine rings is 1. The Morgan fingerprint density at radius 3 is 2.41 bits per heavy atom. The Kier molecular flexibility index (Phi) is 12.3. The molecule has 166 valence electrons. The number of nitrogens with zero attached hydrogens (tertiary/aromatic N) is 2. The topological polar surface area (TPSA) is 48.9 Å². The highest BCUT2D eigenvalue weighted by molar-refractivity contribution is 14.0. The summed E-state index contributed by atoms with van der Waals surface area (Å²) in [5, 5.41) is 6.50. The zero-order valence-electron chi connectivity index (χ0n) is 16.8. The molecule has 1 heterocycles. The molecule has 5 nitrogen and oxygen atoms in total. The second kappa shape index (κ2) is 13.6. The SMILES string of the molecule is CCNC(=NCC(c1ccc(C(F)(F)F)cc1)N1CCOCC1)NCCSC.I. The summed E-state index contributed by atoms with van der Waals surface area (Å²) in [5.74, 6) is 1.69. The molecule has 29 heavy (non-hydrogen) atoms. The van der Waals surface area contributed by atoms with Gasteiger partial charge in [0.1, 0.15) is 0 Å². The van der Waals surface area contributed by atoms with Crippen molar-refractivity contribution in [3.8, 4) is 0 Å². The number of thioether (sulfide) groups is 1. The van der Waals surface area contributed by atoms with Crippen LogP contribution < -0.4 is 10.6 Å². The predicted molar refractivity (Wildman–Crippen MR) is 124 cm³/mol. The van der Waals surface area contributed by atoms with Crippen LogP contribution in [0.25, 0.3) is 0 Å². The van der Waals surface area contributed by atoms with Crippen LogP contribution in [0.4, 0.5) is 13.2 Å².